The van der Waals surface area contributed by atoms with Crippen LogP contribution in [0, 0.1) is 18.3 Å². The molecular weight excluding hydrogens is 374 g/mol. The predicted octanol–water partition coefficient (Wildman–Crippen LogP) is 3.22. The second-order valence-corrected chi connectivity index (χ2v) is 6.79. The summed E-state index contributed by atoms with van der Waals surface area (Å²) in [7, 11) is 0. The highest BCUT2D eigenvalue weighted by atomic mass is 32.1. The molecule has 1 N–H and O–H groups in total. The molecular formula is C19H13N7OS. The number of anilines is 1. The van der Waals surface area contributed by atoms with Crippen molar-refractivity contribution in [3.05, 3.63) is 71.5 Å². The van der Waals surface area contributed by atoms with Crippen molar-refractivity contribution in [3.63, 3.8) is 0 Å². The fourth-order valence-electron chi connectivity index (χ4n) is 2.62. The molecule has 8 nitrogen and oxygen atoms in total. The van der Waals surface area contributed by atoms with Crippen molar-refractivity contribution in [2.45, 2.75) is 6.92 Å². The minimum Gasteiger partial charge on any atom is -0.296 e. The van der Waals surface area contributed by atoms with Crippen molar-refractivity contribution in [1.29, 1.82) is 5.26 Å². The molecule has 136 valence electrons. The molecule has 0 fully saturated rings. The minimum atomic E-state index is -0.386. The summed E-state index contributed by atoms with van der Waals surface area (Å²) in [6.07, 6.45) is 6.29. The number of aryl methyl sites for hydroxylation is 1. The predicted molar refractivity (Wildman–Crippen MR) is 104 cm³/mol. The zero-order valence-electron chi connectivity index (χ0n) is 14.7. The van der Waals surface area contributed by atoms with Gasteiger partial charge in [-0.05, 0) is 31.2 Å². The Balaban J connectivity index is 1.64. The Morgan fingerprint density at radius 1 is 1.18 bits per heavy atom. The molecule has 0 aromatic carbocycles. The molecule has 0 atom stereocenters. The van der Waals surface area contributed by atoms with Gasteiger partial charge >= 0.3 is 0 Å². The second kappa shape index (κ2) is 7.38. The van der Waals surface area contributed by atoms with Gasteiger partial charge in [0.25, 0.3) is 5.91 Å². The van der Waals surface area contributed by atoms with E-state index in [1.807, 2.05) is 25.1 Å². The summed E-state index contributed by atoms with van der Waals surface area (Å²) < 4.78 is 1.63. The number of carbonyl (C=O) groups is 1. The van der Waals surface area contributed by atoms with E-state index in [2.05, 4.69) is 31.3 Å². The molecule has 0 aliphatic carbocycles. The molecule has 4 rings (SSSR count). The highest BCUT2D eigenvalue weighted by Crippen LogP contribution is 2.30. The van der Waals surface area contributed by atoms with Crippen molar-refractivity contribution in [1.82, 2.24) is 24.5 Å². The molecule has 0 bridgehead atoms. The maximum atomic E-state index is 12.7. The number of aromatic nitrogens is 5. The maximum Gasteiger partial charge on any atom is 0.276 e. The molecule has 4 heterocycles. The first kappa shape index (κ1) is 17.5. The highest BCUT2D eigenvalue weighted by Gasteiger charge is 2.19. The standard InChI is InChI=1S/C19H13N7OS/c1-12-4-2-6-14(23-12)17-16(8-20)28-19(24-17)25-18(27)15-10-22-11-26(15)13-5-3-7-21-9-13/h2-7,9-11H,1H3,(H,24,25,27). The summed E-state index contributed by atoms with van der Waals surface area (Å²) in [5.74, 6) is -0.386. The number of carbonyl (C=O) groups excluding carboxylic acids is 1. The molecule has 28 heavy (non-hydrogen) atoms. The van der Waals surface area contributed by atoms with E-state index in [-0.39, 0.29) is 5.91 Å². The smallest absolute Gasteiger partial charge is 0.276 e. The second-order valence-electron chi connectivity index (χ2n) is 5.79. The topological polar surface area (TPSA) is 109 Å². The number of nitriles is 1. The molecule has 0 aliphatic rings. The molecule has 0 aliphatic heterocycles. The first-order valence-electron chi connectivity index (χ1n) is 8.25. The summed E-state index contributed by atoms with van der Waals surface area (Å²) >= 11 is 1.10. The summed E-state index contributed by atoms with van der Waals surface area (Å²) in [5, 5.41) is 12.5. The first-order valence-corrected chi connectivity index (χ1v) is 9.06. The Bertz CT molecular complexity index is 1190. The number of rotatable bonds is 4. The molecule has 0 unspecified atom stereocenters. The fourth-order valence-corrected chi connectivity index (χ4v) is 3.39. The van der Waals surface area contributed by atoms with Crippen LogP contribution in [0.4, 0.5) is 5.13 Å². The van der Waals surface area contributed by atoms with Gasteiger partial charge in [-0.3, -0.25) is 24.6 Å². The molecule has 0 spiro atoms. The average molecular weight is 387 g/mol. The van der Waals surface area contributed by atoms with Crippen molar-refractivity contribution < 1.29 is 4.79 Å². The molecule has 0 radical (unpaired) electrons. The Hall–Kier alpha value is -3.90. The first-order chi connectivity index (χ1) is 13.7. The fraction of sp³-hybridized carbons (Fsp3) is 0.0526. The Morgan fingerprint density at radius 3 is 2.82 bits per heavy atom. The number of nitrogens with zero attached hydrogens (tertiary/aromatic N) is 6. The van der Waals surface area contributed by atoms with Crippen LogP contribution < -0.4 is 5.32 Å². The van der Waals surface area contributed by atoms with E-state index < -0.39 is 0 Å². The zero-order valence-corrected chi connectivity index (χ0v) is 15.5. The third-order valence-corrected chi connectivity index (χ3v) is 4.75. The highest BCUT2D eigenvalue weighted by molar-refractivity contribution is 7.16. The molecule has 0 saturated heterocycles. The van der Waals surface area contributed by atoms with Gasteiger partial charge in [-0.15, -0.1) is 0 Å². The number of thiazole rings is 1. The van der Waals surface area contributed by atoms with E-state index in [0.29, 0.717) is 32.8 Å². The quantitative estimate of drug-likeness (QED) is 0.576. The molecule has 0 saturated carbocycles. The number of nitrogens with one attached hydrogen (secondary N) is 1. The average Bonchev–Trinajstić information content (AvgIpc) is 3.35. The molecule has 4 aromatic heterocycles. The zero-order chi connectivity index (χ0) is 19.5. The van der Waals surface area contributed by atoms with Crippen molar-refractivity contribution in [3.8, 4) is 23.1 Å². The number of hydrogen-bond donors (Lipinski definition) is 1. The van der Waals surface area contributed by atoms with Crippen molar-refractivity contribution in [2.75, 3.05) is 5.32 Å². The number of imidazole rings is 1. The lowest BCUT2D eigenvalue weighted by molar-refractivity contribution is 0.102. The van der Waals surface area contributed by atoms with Crippen LogP contribution >= 0.6 is 11.3 Å². The van der Waals surface area contributed by atoms with Crippen LogP contribution in [0.2, 0.25) is 0 Å². The van der Waals surface area contributed by atoms with E-state index in [1.165, 1.54) is 12.5 Å². The Morgan fingerprint density at radius 2 is 2.07 bits per heavy atom. The minimum absolute atomic E-state index is 0.318. The van der Waals surface area contributed by atoms with Crippen molar-refractivity contribution >= 4 is 22.4 Å². The van der Waals surface area contributed by atoms with Gasteiger partial charge < -0.3 is 0 Å². The van der Waals surface area contributed by atoms with E-state index >= 15 is 0 Å². The monoisotopic (exact) mass is 387 g/mol. The number of hydrogen-bond acceptors (Lipinski definition) is 7. The lowest BCUT2D eigenvalue weighted by atomic mass is 10.2. The van der Waals surface area contributed by atoms with Gasteiger partial charge in [-0.1, -0.05) is 17.4 Å². The lowest BCUT2D eigenvalue weighted by Gasteiger charge is -2.06. The summed E-state index contributed by atoms with van der Waals surface area (Å²) in [4.78, 5) is 30.1. The van der Waals surface area contributed by atoms with E-state index in [9.17, 15) is 10.1 Å². The summed E-state index contributed by atoms with van der Waals surface area (Å²) in [6, 6.07) is 11.2. The van der Waals surface area contributed by atoms with Crippen molar-refractivity contribution in [2.24, 2.45) is 0 Å². The normalized spacial score (nSPS) is 10.4. The van der Waals surface area contributed by atoms with Gasteiger partial charge in [0, 0.05) is 11.9 Å². The maximum absolute atomic E-state index is 12.7. The van der Waals surface area contributed by atoms with Crippen LogP contribution in [-0.2, 0) is 0 Å². The SMILES string of the molecule is Cc1cccc(-c2nc(NC(=O)c3cncn3-c3cccnc3)sc2C#N)n1. The summed E-state index contributed by atoms with van der Waals surface area (Å²) in [5.41, 5.74) is 2.91. The van der Waals surface area contributed by atoms with E-state index in [0.717, 1.165) is 17.0 Å². The Kier molecular flexibility index (Phi) is 4.62. The van der Waals surface area contributed by atoms with Gasteiger partial charge in [0.1, 0.15) is 22.3 Å². The third kappa shape index (κ3) is 3.36. The van der Waals surface area contributed by atoms with E-state index in [1.54, 1.807) is 29.1 Å². The Labute approximate surface area is 164 Å². The van der Waals surface area contributed by atoms with Crippen LogP contribution in [0.25, 0.3) is 17.1 Å². The van der Waals surface area contributed by atoms with Gasteiger partial charge in [0.2, 0.25) is 0 Å². The van der Waals surface area contributed by atoms with Crippen LogP contribution in [0.1, 0.15) is 21.1 Å². The van der Waals surface area contributed by atoms with Gasteiger partial charge in [0.15, 0.2) is 5.13 Å². The molecule has 1 amide bonds. The van der Waals surface area contributed by atoms with Gasteiger partial charge in [-0.2, -0.15) is 5.26 Å². The molecule has 9 heteroatoms. The van der Waals surface area contributed by atoms with Crippen LogP contribution in [0.3, 0.4) is 0 Å². The van der Waals surface area contributed by atoms with E-state index in [4.69, 9.17) is 0 Å². The van der Waals surface area contributed by atoms with Crippen LogP contribution in [0.5, 0.6) is 0 Å². The molecule has 4 aromatic rings. The van der Waals surface area contributed by atoms with Gasteiger partial charge in [-0.25, -0.2) is 9.97 Å². The number of pyridine rings is 2. The summed E-state index contributed by atoms with van der Waals surface area (Å²) in [6.45, 7) is 1.87. The third-order valence-electron chi connectivity index (χ3n) is 3.88. The van der Waals surface area contributed by atoms with Crippen LogP contribution in [0.15, 0.2) is 55.2 Å². The van der Waals surface area contributed by atoms with Crippen LogP contribution in [-0.4, -0.2) is 30.4 Å². The van der Waals surface area contributed by atoms with Gasteiger partial charge in [0.05, 0.1) is 30.1 Å². The largest absolute Gasteiger partial charge is 0.296 e. The number of amides is 1. The lowest BCUT2D eigenvalue weighted by Crippen LogP contribution is -2.16.